The van der Waals surface area contributed by atoms with Gasteiger partial charge in [-0.25, -0.2) is 4.79 Å². The van der Waals surface area contributed by atoms with Gasteiger partial charge in [0, 0.05) is 0 Å². The maximum absolute atomic E-state index is 11.0. The topological polar surface area (TPSA) is 46.0 Å². The Labute approximate surface area is 98.4 Å². The molecule has 1 unspecified atom stereocenters. The van der Waals surface area contributed by atoms with E-state index >= 15 is 0 Å². The Kier molecular flexibility index (Phi) is 3.06. The first-order chi connectivity index (χ1) is 7.56. The lowest BCUT2D eigenvalue weighted by atomic mass is 10.0. The third-order valence-electron chi connectivity index (χ3n) is 2.49. The van der Waals surface area contributed by atoms with Crippen molar-refractivity contribution in [1.29, 1.82) is 0 Å². The molecule has 1 heterocycles. The van der Waals surface area contributed by atoms with E-state index in [1.54, 1.807) is 0 Å². The third kappa shape index (κ3) is 2.30. The number of halogens is 1. The predicted octanol–water partition coefficient (Wildman–Crippen LogP) is 3.45. The van der Waals surface area contributed by atoms with Gasteiger partial charge >= 0.3 is 5.76 Å². The fourth-order valence-corrected chi connectivity index (χ4v) is 2.20. The van der Waals surface area contributed by atoms with Crippen LogP contribution >= 0.6 is 11.6 Å². The molecule has 1 aromatic carbocycles. The molecule has 0 fully saturated rings. The number of aromatic nitrogens is 1. The fraction of sp³-hybridized carbons (Fsp3) is 0.417. The Morgan fingerprint density at radius 2 is 2.19 bits per heavy atom. The zero-order valence-corrected chi connectivity index (χ0v) is 10.0. The minimum atomic E-state index is -0.429. The summed E-state index contributed by atoms with van der Waals surface area (Å²) in [5.41, 5.74) is 2.27. The van der Waals surface area contributed by atoms with Gasteiger partial charge in [-0.3, -0.25) is 4.98 Å². The van der Waals surface area contributed by atoms with Gasteiger partial charge in [0.05, 0.1) is 10.9 Å². The molecule has 0 aliphatic rings. The lowest BCUT2D eigenvalue weighted by Crippen LogP contribution is -1.96. The molecule has 0 aliphatic carbocycles. The van der Waals surface area contributed by atoms with Gasteiger partial charge in [0.2, 0.25) is 0 Å². The molecule has 0 spiro atoms. The van der Waals surface area contributed by atoms with Crippen molar-refractivity contribution in [2.75, 3.05) is 0 Å². The number of oxazole rings is 1. The number of hydrogen-bond acceptors (Lipinski definition) is 2. The van der Waals surface area contributed by atoms with E-state index in [1.165, 1.54) is 0 Å². The summed E-state index contributed by atoms with van der Waals surface area (Å²) >= 11 is 6.28. The maximum Gasteiger partial charge on any atom is 0.417 e. The molecule has 4 heteroatoms. The summed E-state index contributed by atoms with van der Waals surface area (Å²) in [6.07, 6.45) is 0.904. The summed E-state index contributed by atoms with van der Waals surface area (Å²) in [4.78, 5) is 13.6. The van der Waals surface area contributed by atoms with Crippen LogP contribution in [0, 0.1) is 5.92 Å². The first-order valence-electron chi connectivity index (χ1n) is 5.33. The van der Waals surface area contributed by atoms with Crippen LogP contribution in [0.4, 0.5) is 0 Å². The number of aromatic amines is 1. The van der Waals surface area contributed by atoms with Crippen molar-refractivity contribution < 1.29 is 4.42 Å². The van der Waals surface area contributed by atoms with Gasteiger partial charge in [0.15, 0.2) is 5.58 Å². The number of benzene rings is 1. The van der Waals surface area contributed by atoms with Gasteiger partial charge < -0.3 is 4.42 Å². The van der Waals surface area contributed by atoms with E-state index in [9.17, 15) is 4.79 Å². The van der Waals surface area contributed by atoms with E-state index in [0.29, 0.717) is 17.0 Å². The van der Waals surface area contributed by atoms with Crippen LogP contribution in [0.3, 0.4) is 0 Å². The minimum Gasteiger partial charge on any atom is -0.408 e. The average Bonchev–Trinajstić information content (AvgIpc) is 2.55. The van der Waals surface area contributed by atoms with E-state index in [4.69, 9.17) is 16.0 Å². The summed E-state index contributed by atoms with van der Waals surface area (Å²) in [5.74, 6) is 0.110. The first-order valence-corrected chi connectivity index (χ1v) is 5.76. The number of alkyl halides is 1. The van der Waals surface area contributed by atoms with E-state index in [-0.39, 0.29) is 5.38 Å². The molecule has 1 atom stereocenters. The second-order valence-electron chi connectivity index (χ2n) is 4.37. The van der Waals surface area contributed by atoms with Crippen LogP contribution in [-0.4, -0.2) is 4.98 Å². The van der Waals surface area contributed by atoms with E-state index in [1.807, 2.05) is 18.2 Å². The molecule has 3 nitrogen and oxygen atoms in total. The summed E-state index contributed by atoms with van der Waals surface area (Å²) in [5, 5.41) is -0.0374. The van der Waals surface area contributed by atoms with Crippen molar-refractivity contribution in [2.45, 2.75) is 25.6 Å². The molecular weight excluding hydrogens is 226 g/mol. The van der Waals surface area contributed by atoms with E-state index < -0.39 is 5.76 Å². The van der Waals surface area contributed by atoms with Crippen molar-refractivity contribution in [3.63, 3.8) is 0 Å². The zero-order chi connectivity index (χ0) is 11.7. The Morgan fingerprint density at radius 3 is 2.88 bits per heavy atom. The van der Waals surface area contributed by atoms with Gasteiger partial charge in [-0.2, -0.15) is 0 Å². The first kappa shape index (κ1) is 11.3. The summed E-state index contributed by atoms with van der Waals surface area (Å²) in [6.45, 7) is 4.26. The zero-order valence-electron chi connectivity index (χ0n) is 9.29. The van der Waals surface area contributed by atoms with Gasteiger partial charge in [0.1, 0.15) is 0 Å². The Bertz CT molecular complexity index is 541. The lowest BCUT2D eigenvalue weighted by Gasteiger charge is -2.11. The predicted molar refractivity (Wildman–Crippen MR) is 64.9 cm³/mol. The third-order valence-corrected chi connectivity index (χ3v) is 2.92. The van der Waals surface area contributed by atoms with E-state index in [0.717, 1.165) is 12.0 Å². The quantitative estimate of drug-likeness (QED) is 0.834. The number of H-pyrrole nitrogens is 1. The smallest absolute Gasteiger partial charge is 0.408 e. The molecule has 2 rings (SSSR count). The highest BCUT2D eigenvalue weighted by molar-refractivity contribution is 6.20. The van der Waals surface area contributed by atoms with E-state index in [2.05, 4.69) is 18.8 Å². The summed E-state index contributed by atoms with van der Waals surface area (Å²) < 4.78 is 4.99. The maximum atomic E-state index is 11.0. The molecule has 0 bridgehead atoms. The molecule has 1 aromatic heterocycles. The van der Waals surface area contributed by atoms with Gasteiger partial charge in [0.25, 0.3) is 0 Å². The molecule has 0 saturated heterocycles. The van der Waals surface area contributed by atoms with Crippen molar-refractivity contribution in [3.05, 3.63) is 34.3 Å². The SMILES string of the molecule is CC(C)CC(Cl)c1ccc2[nH]c(=O)oc2c1. The van der Waals surface area contributed by atoms with Crippen LogP contribution in [0.25, 0.3) is 11.1 Å². The number of hydrogen-bond donors (Lipinski definition) is 1. The minimum absolute atomic E-state index is 0.0374. The Hall–Kier alpha value is -1.22. The highest BCUT2D eigenvalue weighted by atomic mass is 35.5. The van der Waals surface area contributed by atoms with Crippen molar-refractivity contribution in [2.24, 2.45) is 5.92 Å². The summed E-state index contributed by atoms with van der Waals surface area (Å²) in [6, 6.07) is 5.58. The molecule has 86 valence electrons. The molecule has 0 radical (unpaired) electrons. The largest absolute Gasteiger partial charge is 0.417 e. The number of nitrogens with one attached hydrogen (secondary N) is 1. The number of rotatable bonds is 3. The standard InChI is InChI=1S/C12H14ClNO2/c1-7(2)5-9(13)8-3-4-10-11(6-8)16-12(15)14-10/h3-4,6-7,9H,5H2,1-2H3,(H,14,15). The van der Waals surface area contributed by atoms with Crippen molar-refractivity contribution >= 4 is 22.7 Å². The van der Waals surface area contributed by atoms with Crippen LogP contribution in [0.15, 0.2) is 27.4 Å². The Balaban J connectivity index is 2.34. The monoisotopic (exact) mass is 239 g/mol. The molecular formula is C12H14ClNO2. The van der Waals surface area contributed by atoms with Gasteiger partial charge in [-0.15, -0.1) is 11.6 Å². The molecule has 1 N–H and O–H groups in total. The summed E-state index contributed by atoms with van der Waals surface area (Å²) in [7, 11) is 0. The van der Waals surface area contributed by atoms with Crippen LogP contribution < -0.4 is 5.76 Å². The lowest BCUT2D eigenvalue weighted by molar-refractivity contribution is 0.553. The van der Waals surface area contributed by atoms with Crippen LogP contribution in [0.2, 0.25) is 0 Å². The van der Waals surface area contributed by atoms with Gasteiger partial charge in [-0.1, -0.05) is 19.9 Å². The van der Waals surface area contributed by atoms with Gasteiger partial charge in [-0.05, 0) is 30.0 Å². The van der Waals surface area contributed by atoms with Crippen molar-refractivity contribution in [3.8, 4) is 0 Å². The second-order valence-corrected chi connectivity index (χ2v) is 4.89. The fourth-order valence-electron chi connectivity index (χ4n) is 1.71. The normalized spacial score (nSPS) is 13.5. The molecule has 0 amide bonds. The number of fused-ring (bicyclic) bond motifs is 1. The van der Waals surface area contributed by atoms with Crippen LogP contribution in [0.5, 0.6) is 0 Å². The highest BCUT2D eigenvalue weighted by Gasteiger charge is 2.11. The van der Waals surface area contributed by atoms with Crippen LogP contribution in [0.1, 0.15) is 31.2 Å². The highest BCUT2D eigenvalue weighted by Crippen LogP contribution is 2.29. The van der Waals surface area contributed by atoms with Crippen molar-refractivity contribution in [1.82, 2.24) is 4.98 Å². The molecule has 0 saturated carbocycles. The van der Waals surface area contributed by atoms with Crippen LogP contribution in [-0.2, 0) is 0 Å². The molecule has 16 heavy (non-hydrogen) atoms. The molecule has 2 aromatic rings. The Morgan fingerprint density at radius 1 is 1.44 bits per heavy atom. The average molecular weight is 240 g/mol. The second kappa shape index (κ2) is 4.34. The molecule has 0 aliphatic heterocycles.